The third-order valence-corrected chi connectivity index (χ3v) is 5.20. The molecule has 2 aromatic rings. The van der Waals surface area contributed by atoms with E-state index < -0.39 is 0 Å². The van der Waals surface area contributed by atoms with Crippen LogP contribution in [0.1, 0.15) is 11.1 Å². The highest BCUT2D eigenvalue weighted by molar-refractivity contribution is 8.26. The molecular formula is C20H19NO3S2. The quantitative estimate of drug-likeness (QED) is 0.530. The van der Waals surface area contributed by atoms with E-state index in [2.05, 4.69) is 0 Å². The molecule has 0 bridgehead atoms. The molecule has 4 nitrogen and oxygen atoms in total. The SMILES string of the molecule is COCCN1C(=O)C(=Cc2ccc(OCc3ccccc3)cc2)SC1=S. The van der Waals surface area contributed by atoms with Gasteiger partial charge in [0.15, 0.2) is 0 Å². The molecule has 0 aliphatic carbocycles. The van der Waals surface area contributed by atoms with Crippen LogP contribution in [0.5, 0.6) is 5.75 Å². The molecule has 1 aliphatic heterocycles. The fraction of sp³-hybridized carbons (Fsp3) is 0.200. The number of hydrogen-bond donors (Lipinski definition) is 0. The molecule has 0 aromatic heterocycles. The Balaban J connectivity index is 1.62. The van der Waals surface area contributed by atoms with Crippen molar-refractivity contribution in [2.75, 3.05) is 20.3 Å². The van der Waals surface area contributed by atoms with Crippen LogP contribution >= 0.6 is 24.0 Å². The van der Waals surface area contributed by atoms with Gasteiger partial charge in [0.25, 0.3) is 5.91 Å². The number of carbonyl (C=O) groups excluding carboxylic acids is 1. The first kappa shape index (κ1) is 18.6. The predicted octanol–water partition coefficient (Wildman–Crippen LogP) is 4.11. The van der Waals surface area contributed by atoms with Crippen molar-refractivity contribution in [2.24, 2.45) is 0 Å². The largest absolute Gasteiger partial charge is 0.489 e. The minimum atomic E-state index is -0.0681. The number of rotatable bonds is 7. The average Bonchev–Trinajstić information content (AvgIpc) is 2.93. The molecule has 0 spiro atoms. The van der Waals surface area contributed by atoms with Crippen molar-refractivity contribution in [2.45, 2.75) is 6.61 Å². The third kappa shape index (κ3) is 4.72. The summed E-state index contributed by atoms with van der Waals surface area (Å²) in [7, 11) is 1.61. The van der Waals surface area contributed by atoms with E-state index >= 15 is 0 Å². The van der Waals surface area contributed by atoms with Gasteiger partial charge in [-0.25, -0.2) is 0 Å². The lowest BCUT2D eigenvalue weighted by atomic mass is 10.2. The van der Waals surface area contributed by atoms with Crippen LogP contribution in [-0.4, -0.2) is 35.4 Å². The molecule has 0 saturated carbocycles. The van der Waals surface area contributed by atoms with Gasteiger partial charge >= 0.3 is 0 Å². The van der Waals surface area contributed by atoms with Gasteiger partial charge in [-0.05, 0) is 29.3 Å². The zero-order chi connectivity index (χ0) is 18.4. The maximum absolute atomic E-state index is 12.4. The number of benzene rings is 2. The molecule has 1 aliphatic rings. The van der Waals surface area contributed by atoms with Crippen LogP contribution in [0.4, 0.5) is 0 Å². The minimum Gasteiger partial charge on any atom is -0.489 e. The number of hydrogen-bond acceptors (Lipinski definition) is 5. The van der Waals surface area contributed by atoms with Gasteiger partial charge in [-0.1, -0.05) is 66.4 Å². The topological polar surface area (TPSA) is 38.8 Å². The number of ether oxygens (including phenoxy) is 2. The van der Waals surface area contributed by atoms with Crippen LogP contribution in [0, 0.1) is 0 Å². The molecule has 0 N–H and O–H groups in total. The molecular weight excluding hydrogens is 366 g/mol. The monoisotopic (exact) mass is 385 g/mol. The molecule has 6 heteroatoms. The maximum Gasteiger partial charge on any atom is 0.266 e. The lowest BCUT2D eigenvalue weighted by Crippen LogP contribution is -2.31. The van der Waals surface area contributed by atoms with E-state index in [9.17, 15) is 4.79 Å². The number of nitrogens with zero attached hydrogens (tertiary/aromatic N) is 1. The van der Waals surface area contributed by atoms with Gasteiger partial charge in [0.2, 0.25) is 0 Å². The molecule has 1 heterocycles. The summed E-state index contributed by atoms with van der Waals surface area (Å²) in [6.07, 6.45) is 1.85. The first-order valence-corrected chi connectivity index (χ1v) is 9.41. The molecule has 0 atom stereocenters. The molecule has 1 fully saturated rings. The van der Waals surface area contributed by atoms with E-state index in [0.717, 1.165) is 16.9 Å². The van der Waals surface area contributed by atoms with E-state index in [4.69, 9.17) is 21.7 Å². The molecule has 3 rings (SSSR count). The summed E-state index contributed by atoms with van der Waals surface area (Å²) in [5, 5.41) is 0. The van der Waals surface area contributed by atoms with Gasteiger partial charge in [-0.2, -0.15) is 0 Å². The van der Waals surface area contributed by atoms with E-state index in [1.165, 1.54) is 11.8 Å². The van der Waals surface area contributed by atoms with E-state index in [1.807, 2.05) is 60.7 Å². The van der Waals surface area contributed by atoms with Crippen molar-refractivity contribution >= 4 is 40.3 Å². The molecule has 0 radical (unpaired) electrons. The standard InChI is InChI=1S/C20H19NO3S2/c1-23-12-11-21-19(22)18(26-20(21)25)13-15-7-9-17(10-8-15)24-14-16-5-3-2-4-6-16/h2-10,13H,11-12,14H2,1H3. The van der Waals surface area contributed by atoms with Crippen molar-refractivity contribution in [3.63, 3.8) is 0 Å². The highest BCUT2D eigenvalue weighted by Crippen LogP contribution is 2.32. The molecule has 1 saturated heterocycles. The van der Waals surface area contributed by atoms with Crippen molar-refractivity contribution < 1.29 is 14.3 Å². The maximum atomic E-state index is 12.4. The second-order valence-electron chi connectivity index (χ2n) is 5.67. The number of amides is 1. The molecule has 1 amide bonds. The van der Waals surface area contributed by atoms with Crippen LogP contribution in [0.3, 0.4) is 0 Å². The van der Waals surface area contributed by atoms with Gasteiger partial charge in [-0.3, -0.25) is 9.69 Å². The summed E-state index contributed by atoms with van der Waals surface area (Å²) in [5.41, 5.74) is 2.06. The summed E-state index contributed by atoms with van der Waals surface area (Å²) < 4.78 is 11.4. The zero-order valence-electron chi connectivity index (χ0n) is 14.4. The Hall–Kier alpha value is -2.15. The summed E-state index contributed by atoms with van der Waals surface area (Å²) in [6.45, 7) is 1.47. The fourth-order valence-corrected chi connectivity index (χ4v) is 3.74. The van der Waals surface area contributed by atoms with Crippen molar-refractivity contribution in [3.05, 3.63) is 70.6 Å². The first-order chi connectivity index (χ1) is 12.7. The second kappa shape index (κ2) is 8.98. The zero-order valence-corrected chi connectivity index (χ0v) is 16.0. The Bertz CT molecular complexity index is 804. The lowest BCUT2D eigenvalue weighted by molar-refractivity contribution is -0.122. The smallest absolute Gasteiger partial charge is 0.266 e. The van der Waals surface area contributed by atoms with Gasteiger partial charge in [-0.15, -0.1) is 0 Å². The molecule has 134 valence electrons. The van der Waals surface area contributed by atoms with Crippen LogP contribution in [0.2, 0.25) is 0 Å². The summed E-state index contributed by atoms with van der Waals surface area (Å²) >= 11 is 6.60. The Labute approximate surface area is 162 Å². The van der Waals surface area contributed by atoms with Gasteiger partial charge < -0.3 is 9.47 Å². The summed E-state index contributed by atoms with van der Waals surface area (Å²) in [6, 6.07) is 17.7. The van der Waals surface area contributed by atoms with Crippen LogP contribution < -0.4 is 4.74 Å². The average molecular weight is 386 g/mol. The van der Waals surface area contributed by atoms with Gasteiger partial charge in [0.1, 0.15) is 16.7 Å². The van der Waals surface area contributed by atoms with Gasteiger partial charge in [0.05, 0.1) is 18.1 Å². The molecule has 26 heavy (non-hydrogen) atoms. The highest BCUT2D eigenvalue weighted by Gasteiger charge is 2.31. The number of thioether (sulfide) groups is 1. The van der Waals surface area contributed by atoms with Crippen molar-refractivity contribution in [1.82, 2.24) is 4.90 Å². The van der Waals surface area contributed by atoms with E-state index in [0.29, 0.717) is 29.0 Å². The molecule has 0 unspecified atom stereocenters. The molecule has 2 aromatic carbocycles. The number of carbonyl (C=O) groups is 1. The van der Waals surface area contributed by atoms with E-state index in [1.54, 1.807) is 12.0 Å². The lowest BCUT2D eigenvalue weighted by Gasteiger charge is -2.12. The Morgan fingerprint density at radius 2 is 1.85 bits per heavy atom. The van der Waals surface area contributed by atoms with Crippen molar-refractivity contribution in [1.29, 1.82) is 0 Å². The highest BCUT2D eigenvalue weighted by atomic mass is 32.2. The number of thiocarbonyl (C=S) groups is 1. The van der Waals surface area contributed by atoms with Crippen molar-refractivity contribution in [3.8, 4) is 5.75 Å². The number of methoxy groups -OCH3 is 1. The normalized spacial score (nSPS) is 15.7. The Kier molecular flexibility index (Phi) is 6.44. The Morgan fingerprint density at radius 1 is 1.12 bits per heavy atom. The van der Waals surface area contributed by atoms with E-state index in [-0.39, 0.29) is 5.91 Å². The van der Waals surface area contributed by atoms with Crippen LogP contribution in [-0.2, 0) is 16.1 Å². The third-order valence-electron chi connectivity index (χ3n) is 3.82. The fourth-order valence-electron chi connectivity index (χ4n) is 2.43. The Morgan fingerprint density at radius 3 is 2.54 bits per heavy atom. The minimum absolute atomic E-state index is 0.0681. The first-order valence-electron chi connectivity index (χ1n) is 8.18. The van der Waals surface area contributed by atoms with Crippen LogP contribution in [0.25, 0.3) is 6.08 Å². The van der Waals surface area contributed by atoms with Crippen LogP contribution in [0.15, 0.2) is 59.5 Å². The second-order valence-corrected chi connectivity index (χ2v) is 7.35. The van der Waals surface area contributed by atoms with Gasteiger partial charge in [0, 0.05) is 7.11 Å². The predicted molar refractivity (Wildman–Crippen MR) is 109 cm³/mol. The summed E-state index contributed by atoms with van der Waals surface area (Å²) in [5.74, 6) is 0.722. The summed E-state index contributed by atoms with van der Waals surface area (Å²) in [4.78, 5) is 14.6.